The van der Waals surface area contributed by atoms with Gasteiger partial charge in [-0.25, -0.2) is 8.42 Å². The summed E-state index contributed by atoms with van der Waals surface area (Å²) in [6.07, 6.45) is 6.76. The van der Waals surface area contributed by atoms with Gasteiger partial charge >= 0.3 is 0 Å². The summed E-state index contributed by atoms with van der Waals surface area (Å²) in [5, 5.41) is 3.18. The Labute approximate surface area is 209 Å². The molecule has 0 bridgehead atoms. The smallest absolute Gasteiger partial charge is 0.251 e. The quantitative estimate of drug-likeness (QED) is 0.439. The summed E-state index contributed by atoms with van der Waals surface area (Å²) in [6.45, 7) is 4.22. The van der Waals surface area contributed by atoms with E-state index in [0.29, 0.717) is 11.3 Å². The van der Waals surface area contributed by atoms with Gasteiger partial charge in [0, 0.05) is 5.56 Å². The first-order valence-electron chi connectivity index (χ1n) is 12.3. The lowest BCUT2D eigenvalue weighted by Gasteiger charge is -2.23. The van der Waals surface area contributed by atoms with Crippen molar-refractivity contribution in [3.8, 4) is 0 Å². The van der Waals surface area contributed by atoms with E-state index in [2.05, 4.69) is 30.4 Å². The maximum Gasteiger partial charge on any atom is 0.251 e. The molecule has 0 unspecified atom stereocenters. The number of amides is 1. The average molecular weight is 491 g/mol. The highest BCUT2D eigenvalue weighted by Crippen LogP contribution is 2.27. The first-order chi connectivity index (χ1) is 16.7. The van der Waals surface area contributed by atoms with Gasteiger partial charge in [-0.2, -0.15) is 0 Å². The largest absolute Gasteiger partial charge is 0.345 e. The van der Waals surface area contributed by atoms with Crippen molar-refractivity contribution < 1.29 is 13.2 Å². The fourth-order valence-electron chi connectivity index (χ4n) is 4.74. The third-order valence-corrected chi connectivity index (χ3v) is 7.86. The molecule has 0 aliphatic heterocycles. The van der Waals surface area contributed by atoms with E-state index in [1.54, 1.807) is 18.2 Å². The first kappa shape index (κ1) is 25.0. The van der Waals surface area contributed by atoms with Gasteiger partial charge in [-0.1, -0.05) is 49.4 Å². The van der Waals surface area contributed by atoms with E-state index in [4.69, 9.17) is 0 Å². The van der Waals surface area contributed by atoms with Gasteiger partial charge in [0.15, 0.2) is 0 Å². The molecule has 0 saturated carbocycles. The van der Waals surface area contributed by atoms with Crippen LogP contribution in [0.25, 0.3) is 0 Å². The molecule has 0 heterocycles. The number of carbonyl (C=O) groups is 1. The van der Waals surface area contributed by atoms with Crippen LogP contribution in [-0.2, 0) is 29.4 Å². The molecule has 6 heteroatoms. The van der Waals surface area contributed by atoms with Crippen LogP contribution in [0, 0.1) is 6.92 Å². The second kappa shape index (κ2) is 10.6. The summed E-state index contributed by atoms with van der Waals surface area (Å²) in [4.78, 5) is 13.0. The summed E-state index contributed by atoms with van der Waals surface area (Å²) >= 11 is 0. The minimum absolute atomic E-state index is 0.0450. The number of sulfonamides is 1. The lowest BCUT2D eigenvalue weighted by Crippen LogP contribution is -2.30. The number of fused-ring (bicyclic) bond motifs is 1. The summed E-state index contributed by atoms with van der Waals surface area (Å²) in [6, 6.07) is 21.2. The molecule has 3 aromatic carbocycles. The molecule has 0 spiro atoms. The van der Waals surface area contributed by atoms with E-state index >= 15 is 0 Å². The van der Waals surface area contributed by atoms with E-state index in [0.717, 1.165) is 36.0 Å². The lowest BCUT2D eigenvalue weighted by molar-refractivity contribution is 0.0935. The molecular weight excluding hydrogens is 456 g/mol. The van der Waals surface area contributed by atoms with Gasteiger partial charge in [0.05, 0.1) is 24.5 Å². The van der Waals surface area contributed by atoms with Crippen molar-refractivity contribution in [2.45, 2.75) is 58.5 Å². The fourth-order valence-corrected chi connectivity index (χ4v) is 5.62. The van der Waals surface area contributed by atoms with E-state index in [1.807, 2.05) is 37.3 Å². The summed E-state index contributed by atoms with van der Waals surface area (Å²) < 4.78 is 26.3. The second-order valence-corrected chi connectivity index (χ2v) is 11.4. The number of carbonyl (C=O) groups excluding carboxylic acids is 1. The van der Waals surface area contributed by atoms with Crippen molar-refractivity contribution in [1.82, 2.24) is 5.32 Å². The molecular formula is C29H34N2O3S. The molecule has 184 valence electrons. The topological polar surface area (TPSA) is 66.5 Å². The van der Waals surface area contributed by atoms with Crippen molar-refractivity contribution >= 4 is 21.6 Å². The molecule has 1 amide bonds. The third kappa shape index (κ3) is 6.12. The molecule has 1 N–H and O–H groups in total. The van der Waals surface area contributed by atoms with Crippen LogP contribution in [0.3, 0.4) is 0 Å². The van der Waals surface area contributed by atoms with Gasteiger partial charge in [-0.3, -0.25) is 9.10 Å². The number of hydrogen-bond acceptors (Lipinski definition) is 3. The van der Waals surface area contributed by atoms with Gasteiger partial charge < -0.3 is 5.32 Å². The number of hydrogen-bond donors (Lipinski definition) is 1. The normalized spacial score (nSPS) is 14.1. The number of aryl methyl sites for hydroxylation is 3. The van der Waals surface area contributed by atoms with Gasteiger partial charge in [0.2, 0.25) is 10.0 Å². The Hall–Kier alpha value is -3.12. The maximum absolute atomic E-state index is 13.0. The van der Waals surface area contributed by atoms with Crippen LogP contribution < -0.4 is 9.62 Å². The highest BCUT2D eigenvalue weighted by molar-refractivity contribution is 7.92. The van der Waals surface area contributed by atoms with E-state index in [9.17, 15) is 13.2 Å². The van der Waals surface area contributed by atoms with Crippen LogP contribution in [0.4, 0.5) is 5.69 Å². The molecule has 35 heavy (non-hydrogen) atoms. The zero-order valence-corrected chi connectivity index (χ0v) is 21.6. The number of rotatable bonds is 8. The minimum Gasteiger partial charge on any atom is -0.345 e. The summed E-state index contributed by atoms with van der Waals surface area (Å²) in [7, 11) is -3.46. The standard InChI is InChI=1S/C29H34N2O3S/c1-4-28(26-17-16-23-9-5-6-10-25(23)19-26)30-29(32)24-14-12-22(13-15-24)20-31(35(3,33)34)27-11-7-8-21(2)18-27/h7-8,11-19,28H,4-6,9-10,20H2,1-3H3,(H,30,32)/t28-/m1/s1. The van der Waals surface area contributed by atoms with Crippen LogP contribution in [0.2, 0.25) is 0 Å². The number of anilines is 1. The van der Waals surface area contributed by atoms with Crippen molar-refractivity contribution in [3.05, 3.63) is 100 Å². The number of nitrogens with one attached hydrogen (secondary N) is 1. The van der Waals surface area contributed by atoms with Crippen molar-refractivity contribution in [1.29, 1.82) is 0 Å². The van der Waals surface area contributed by atoms with Gasteiger partial charge in [0.25, 0.3) is 5.91 Å². The van der Waals surface area contributed by atoms with Gasteiger partial charge in [-0.15, -0.1) is 0 Å². The molecule has 5 nitrogen and oxygen atoms in total. The first-order valence-corrected chi connectivity index (χ1v) is 14.2. The SMILES string of the molecule is CC[C@@H](NC(=O)c1ccc(CN(c2cccc(C)c2)S(C)(=O)=O)cc1)c1ccc2c(c1)CCCC2. The van der Waals surface area contributed by atoms with Crippen LogP contribution in [-0.4, -0.2) is 20.6 Å². The van der Waals surface area contributed by atoms with Gasteiger partial charge in [0.1, 0.15) is 0 Å². The molecule has 0 saturated heterocycles. The Balaban J connectivity index is 1.47. The predicted molar refractivity (Wildman–Crippen MR) is 142 cm³/mol. The highest BCUT2D eigenvalue weighted by atomic mass is 32.2. The van der Waals surface area contributed by atoms with Crippen molar-refractivity contribution in [3.63, 3.8) is 0 Å². The van der Waals surface area contributed by atoms with Crippen LogP contribution >= 0.6 is 0 Å². The Morgan fingerprint density at radius 1 is 0.971 bits per heavy atom. The van der Waals surface area contributed by atoms with E-state index in [1.165, 1.54) is 34.5 Å². The predicted octanol–water partition coefficient (Wildman–Crippen LogP) is 5.72. The minimum atomic E-state index is -3.46. The van der Waals surface area contributed by atoms with Crippen LogP contribution in [0.5, 0.6) is 0 Å². The lowest BCUT2D eigenvalue weighted by atomic mass is 9.88. The third-order valence-electron chi connectivity index (χ3n) is 6.72. The zero-order chi connectivity index (χ0) is 25.0. The second-order valence-electron chi connectivity index (χ2n) is 9.48. The van der Waals surface area contributed by atoms with Crippen molar-refractivity contribution in [2.24, 2.45) is 0 Å². The van der Waals surface area contributed by atoms with Gasteiger partial charge in [-0.05, 0) is 91.1 Å². The van der Waals surface area contributed by atoms with E-state index < -0.39 is 10.0 Å². The number of nitrogens with zero attached hydrogens (tertiary/aromatic N) is 1. The Morgan fingerprint density at radius 3 is 2.34 bits per heavy atom. The Bertz CT molecular complexity index is 1300. The summed E-state index contributed by atoms with van der Waals surface area (Å²) in [5.74, 6) is -0.125. The maximum atomic E-state index is 13.0. The van der Waals surface area contributed by atoms with E-state index in [-0.39, 0.29) is 18.5 Å². The molecule has 0 radical (unpaired) electrons. The molecule has 1 aliphatic carbocycles. The Kier molecular flexibility index (Phi) is 7.60. The molecule has 4 rings (SSSR count). The van der Waals surface area contributed by atoms with Crippen molar-refractivity contribution in [2.75, 3.05) is 10.6 Å². The highest BCUT2D eigenvalue weighted by Gasteiger charge is 2.20. The Morgan fingerprint density at radius 2 is 1.69 bits per heavy atom. The molecule has 1 atom stereocenters. The number of benzene rings is 3. The molecule has 0 fully saturated rings. The molecule has 3 aromatic rings. The molecule has 0 aromatic heterocycles. The average Bonchev–Trinajstić information content (AvgIpc) is 2.85. The van der Waals surface area contributed by atoms with Crippen LogP contribution in [0.1, 0.15) is 70.4 Å². The monoisotopic (exact) mass is 490 g/mol. The molecule has 1 aliphatic rings. The zero-order valence-electron chi connectivity index (χ0n) is 20.8. The van der Waals surface area contributed by atoms with Crippen LogP contribution in [0.15, 0.2) is 66.7 Å². The summed E-state index contributed by atoms with van der Waals surface area (Å²) in [5.41, 5.74) is 7.00. The fraction of sp³-hybridized carbons (Fsp3) is 0.345.